The van der Waals surface area contributed by atoms with Crippen LogP contribution in [0.3, 0.4) is 0 Å². The van der Waals surface area contributed by atoms with E-state index in [9.17, 15) is 15.0 Å². The summed E-state index contributed by atoms with van der Waals surface area (Å²) in [6.45, 7) is 0. The Kier molecular flexibility index (Phi) is 2.89. The highest BCUT2D eigenvalue weighted by atomic mass is 16.5. The van der Waals surface area contributed by atoms with Gasteiger partial charge in [0.05, 0.1) is 14.2 Å². The van der Waals surface area contributed by atoms with Gasteiger partial charge in [0.25, 0.3) is 0 Å². The first-order valence-electron chi connectivity index (χ1n) is 3.93. The fourth-order valence-corrected chi connectivity index (χ4v) is 1.17. The summed E-state index contributed by atoms with van der Waals surface area (Å²) in [4.78, 5) is 10.8. The Balaban J connectivity index is 3.56. The molecule has 3 N–H and O–H groups in total. The van der Waals surface area contributed by atoms with Crippen molar-refractivity contribution in [1.82, 2.24) is 0 Å². The number of hydrogen-bond acceptors (Lipinski definition) is 5. The molecule has 0 aliphatic heterocycles. The molecule has 0 saturated carbocycles. The van der Waals surface area contributed by atoms with E-state index < -0.39 is 23.0 Å². The van der Waals surface area contributed by atoms with E-state index >= 15 is 0 Å². The minimum atomic E-state index is -1.42. The molecule has 0 aliphatic rings. The van der Waals surface area contributed by atoms with E-state index in [0.717, 1.165) is 6.07 Å². The van der Waals surface area contributed by atoms with Crippen molar-refractivity contribution in [2.24, 2.45) is 0 Å². The third-order valence-electron chi connectivity index (χ3n) is 1.84. The molecule has 6 heteroatoms. The van der Waals surface area contributed by atoms with Crippen molar-refractivity contribution in [3.8, 4) is 23.0 Å². The van der Waals surface area contributed by atoms with Crippen LogP contribution in [0, 0.1) is 0 Å². The first kappa shape index (κ1) is 11.0. The molecular weight excluding hydrogens is 204 g/mol. The molecule has 1 aromatic carbocycles. The van der Waals surface area contributed by atoms with Gasteiger partial charge in [-0.2, -0.15) is 0 Å². The highest BCUT2D eigenvalue weighted by Gasteiger charge is 2.24. The summed E-state index contributed by atoms with van der Waals surface area (Å²) in [5, 5.41) is 27.4. The van der Waals surface area contributed by atoms with Gasteiger partial charge in [0.2, 0.25) is 0 Å². The van der Waals surface area contributed by atoms with Gasteiger partial charge in [-0.1, -0.05) is 0 Å². The molecule has 0 aromatic heterocycles. The summed E-state index contributed by atoms with van der Waals surface area (Å²) in [6.07, 6.45) is 0. The van der Waals surface area contributed by atoms with E-state index in [2.05, 4.69) is 0 Å². The quantitative estimate of drug-likeness (QED) is 0.644. The molecule has 1 aromatic rings. The Bertz CT molecular complexity index is 398. The molecule has 0 fully saturated rings. The Morgan fingerprint density at radius 3 is 2.27 bits per heavy atom. The second kappa shape index (κ2) is 3.95. The number of carboxylic acid groups (broad SMARTS) is 1. The summed E-state index contributed by atoms with van der Waals surface area (Å²) in [5.74, 6) is -2.85. The van der Waals surface area contributed by atoms with Gasteiger partial charge >= 0.3 is 5.97 Å². The zero-order valence-electron chi connectivity index (χ0n) is 8.14. The molecule has 0 amide bonds. The lowest BCUT2D eigenvalue weighted by Gasteiger charge is -2.12. The van der Waals surface area contributed by atoms with Crippen LogP contribution in [0.4, 0.5) is 0 Å². The van der Waals surface area contributed by atoms with Crippen LogP contribution in [0.1, 0.15) is 10.4 Å². The van der Waals surface area contributed by atoms with Crippen LogP contribution in [0.5, 0.6) is 23.0 Å². The van der Waals surface area contributed by atoms with Crippen molar-refractivity contribution in [1.29, 1.82) is 0 Å². The summed E-state index contributed by atoms with van der Waals surface area (Å²) in [6, 6.07) is 1.07. The Hall–Kier alpha value is -2.11. The molecule has 0 saturated heterocycles. The zero-order chi connectivity index (χ0) is 11.6. The molecule has 82 valence electrons. The van der Waals surface area contributed by atoms with E-state index in [4.69, 9.17) is 14.6 Å². The van der Waals surface area contributed by atoms with Crippen LogP contribution in [0.2, 0.25) is 0 Å². The van der Waals surface area contributed by atoms with Crippen LogP contribution in [0.25, 0.3) is 0 Å². The summed E-state index contributed by atoms with van der Waals surface area (Å²) < 4.78 is 9.59. The molecule has 0 heterocycles. The topological polar surface area (TPSA) is 96.2 Å². The van der Waals surface area contributed by atoms with Gasteiger partial charge in [-0.25, -0.2) is 4.79 Å². The van der Waals surface area contributed by atoms with E-state index in [1.165, 1.54) is 14.2 Å². The maximum Gasteiger partial charge on any atom is 0.343 e. The van der Waals surface area contributed by atoms with Crippen molar-refractivity contribution < 1.29 is 29.6 Å². The Morgan fingerprint density at radius 2 is 1.87 bits per heavy atom. The Labute approximate surface area is 85.3 Å². The van der Waals surface area contributed by atoms with Crippen LogP contribution in [-0.2, 0) is 0 Å². The van der Waals surface area contributed by atoms with Gasteiger partial charge in [-0.15, -0.1) is 0 Å². The summed E-state index contributed by atoms with van der Waals surface area (Å²) in [5.41, 5.74) is -0.533. The fourth-order valence-electron chi connectivity index (χ4n) is 1.17. The minimum Gasteiger partial charge on any atom is -0.504 e. The van der Waals surface area contributed by atoms with Gasteiger partial charge in [-0.3, -0.25) is 0 Å². The minimum absolute atomic E-state index is 0.0326. The first-order chi connectivity index (χ1) is 7.02. The molecule has 6 nitrogen and oxygen atoms in total. The predicted molar refractivity (Wildman–Crippen MR) is 49.8 cm³/mol. The third-order valence-corrected chi connectivity index (χ3v) is 1.84. The average molecular weight is 214 g/mol. The molecule has 1 rings (SSSR count). The van der Waals surface area contributed by atoms with Crippen LogP contribution in [0.15, 0.2) is 6.07 Å². The number of phenolic OH excluding ortho intramolecular Hbond substituents is 1. The van der Waals surface area contributed by atoms with Gasteiger partial charge < -0.3 is 24.8 Å². The number of benzene rings is 1. The lowest BCUT2D eigenvalue weighted by molar-refractivity contribution is 0.0688. The molecular formula is C9H10O6. The number of rotatable bonds is 3. The normalized spacial score (nSPS) is 9.73. The van der Waals surface area contributed by atoms with Gasteiger partial charge in [0.15, 0.2) is 28.6 Å². The SMILES string of the molecule is COc1cc(O)c(O)c(C(=O)O)c1OC. The lowest BCUT2D eigenvalue weighted by Crippen LogP contribution is -2.03. The van der Waals surface area contributed by atoms with Crippen LogP contribution >= 0.6 is 0 Å². The largest absolute Gasteiger partial charge is 0.504 e. The number of phenols is 2. The third kappa shape index (κ3) is 1.74. The van der Waals surface area contributed by atoms with Crippen molar-refractivity contribution in [2.75, 3.05) is 14.2 Å². The molecule has 0 radical (unpaired) electrons. The maximum atomic E-state index is 10.8. The number of hydrogen-bond donors (Lipinski definition) is 3. The van der Waals surface area contributed by atoms with Gasteiger partial charge in [0.1, 0.15) is 0 Å². The fraction of sp³-hybridized carbons (Fsp3) is 0.222. The van der Waals surface area contributed by atoms with Crippen molar-refractivity contribution in [2.45, 2.75) is 0 Å². The number of aromatic hydroxyl groups is 2. The summed E-state index contributed by atoms with van der Waals surface area (Å²) in [7, 11) is 2.53. The van der Waals surface area contributed by atoms with Crippen molar-refractivity contribution >= 4 is 5.97 Å². The molecule has 15 heavy (non-hydrogen) atoms. The first-order valence-corrected chi connectivity index (χ1v) is 3.93. The Morgan fingerprint density at radius 1 is 1.27 bits per heavy atom. The number of aromatic carboxylic acids is 1. The highest BCUT2D eigenvalue weighted by Crippen LogP contribution is 2.42. The van der Waals surface area contributed by atoms with Gasteiger partial charge in [-0.05, 0) is 0 Å². The van der Waals surface area contributed by atoms with Gasteiger partial charge in [0, 0.05) is 6.07 Å². The van der Waals surface area contributed by atoms with Crippen LogP contribution in [-0.4, -0.2) is 35.5 Å². The second-order valence-corrected chi connectivity index (χ2v) is 2.66. The molecule has 0 aliphatic carbocycles. The van der Waals surface area contributed by atoms with Crippen molar-refractivity contribution in [3.63, 3.8) is 0 Å². The number of carbonyl (C=O) groups is 1. The van der Waals surface area contributed by atoms with Crippen LogP contribution < -0.4 is 9.47 Å². The highest BCUT2D eigenvalue weighted by molar-refractivity contribution is 5.96. The lowest BCUT2D eigenvalue weighted by atomic mass is 10.1. The second-order valence-electron chi connectivity index (χ2n) is 2.66. The van der Waals surface area contributed by atoms with E-state index in [0.29, 0.717) is 0 Å². The predicted octanol–water partition coefficient (Wildman–Crippen LogP) is 0.813. The standard InChI is InChI=1S/C9H10O6/c1-14-5-3-4(10)7(11)6(9(12)13)8(5)15-2/h3,10-11H,1-2H3,(H,12,13). The number of carboxylic acids is 1. The molecule has 0 unspecified atom stereocenters. The van der Waals surface area contributed by atoms with E-state index in [1.807, 2.05) is 0 Å². The monoisotopic (exact) mass is 214 g/mol. The molecule has 0 spiro atoms. The maximum absolute atomic E-state index is 10.8. The van der Waals surface area contributed by atoms with E-state index in [1.54, 1.807) is 0 Å². The van der Waals surface area contributed by atoms with E-state index in [-0.39, 0.29) is 11.5 Å². The summed E-state index contributed by atoms with van der Waals surface area (Å²) >= 11 is 0. The number of methoxy groups -OCH3 is 2. The average Bonchev–Trinajstić information content (AvgIpc) is 2.20. The molecule has 0 bridgehead atoms. The smallest absolute Gasteiger partial charge is 0.343 e. The number of ether oxygens (including phenoxy) is 2. The van der Waals surface area contributed by atoms with Crippen molar-refractivity contribution in [3.05, 3.63) is 11.6 Å². The molecule has 0 atom stereocenters. The zero-order valence-corrected chi connectivity index (χ0v) is 8.14.